The number of nitrogens with zero attached hydrogens (tertiary/aromatic N) is 2. The van der Waals surface area contributed by atoms with Crippen molar-refractivity contribution in [2.45, 2.75) is 38.6 Å². The topological polar surface area (TPSA) is 53.1 Å². The van der Waals surface area contributed by atoms with Crippen molar-refractivity contribution in [2.24, 2.45) is 11.7 Å². The average Bonchev–Trinajstić information content (AvgIpc) is 3.25. The molecule has 1 atom stereocenters. The molecule has 1 aromatic heterocycles. The maximum Gasteiger partial charge on any atom is 0.121 e. The quantitative estimate of drug-likeness (QED) is 0.880. The lowest BCUT2D eigenvalue weighted by atomic mass is 10.0. The Labute approximate surface area is 119 Å². The summed E-state index contributed by atoms with van der Waals surface area (Å²) >= 11 is 0. The summed E-state index contributed by atoms with van der Waals surface area (Å²) in [5.41, 5.74) is 8.13. The van der Waals surface area contributed by atoms with Gasteiger partial charge in [-0.3, -0.25) is 0 Å². The minimum Gasteiger partial charge on any atom is -0.497 e. The number of imidazole rings is 1. The number of benzene rings is 1. The highest BCUT2D eigenvalue weighted by atomic mass is 16.5. The van der Waals surface area contributed by atoms with Gasteiger partial charge in [-0.25, -0.2) is 4.98 Å². The molecule has 0 saturated heterocycles. The molecule has 20 heavy (non-hydrogen) atoms. The summed E-state index contributed by atoms with van der Waals surface area (Å²) in [4.78, 5) is 4.85. The Bertz CT molecular complexity index is 597. The highest BCUT2D eigenvalue weighted by Crippen LogP contribution is 2.39. The molecular formula is C16H23N3O. The van der Waals surface area contributed by atoms with Gasteiger partial charge in [0.05, 0.1) is 18.1 Å². The Morgan fingerprint density at radius 1 is 1.45 bits per heavy atom. The largest absolute Gasteiger partial charge is 0.497 e. The number of nitrogens with two attached hydrogens (primary N) is 1. The maximum atomic E-state index is 5.86. The Morgan fingerprint density at radius 2 is 2.25 bits per heavy atom. The minimum atomic E-state index is 0.520. The van der Waals surface area contributed by atoms with Gasteiger partial charge in [0.1, 0.15) is 11.6 Å². The SMILES string of the molecule is CCC(CN)Cc1nc2cc(OC)ccc2n1C1CC1. The van der Waals surface area contributed by atoms with Crippen LogP contribution in [0, 0.1) is 5.92 Å². The normalized spacial score (nSPS) is 16.6. The highest BCUT2D eigenvalue weighted by Gasteiger charge is 2.28. The van der Waals surface area contributed by atoms with E-state index in [0.29, 0.717) is 12.0 Å². The zero-order valence-electron chi connectivity index (χ0n) is 12.3. The fraction of sp³-hybridized carbons (Fsp3) is 0.562. The average molecular weight is 273 g/mol. The fourth-order valence-electron chi connectivity index (χ4n) is 2.79. The Morgan fingerprint density at radius 3 is 2.85 bits per heavy atom. The predicted octanol–water partition coefficient (Wildman–Crippen LogP) is 2.91. The Hall–Kier alpha value is -1.55. The molecule has 0 radical (unpaired) electrons. The second-order valence-corrected chi connectivity index (χ2v) is 5.70. The van der Waals surface area contributed by atoms with Gasteiger partial charge < -0.3 is 15.0 Å². The first-order valence-electron chi connectivity index (χ1n) is 7.51. The van der Waals surface area contributed by atoms with E-state index in [1.165, 1.54) is 24.2 Å². The standard InChI is InChI=1S/C16H23N3O/c1-3-11(10-17)8-16-18-14-9-13(20-2)6-7-15(14)19(16)12-4-5-12/h6-7,9,11-12H,3-5,8,10,17H2,1-2H3. The van der Waals surface area contributed by atoms with E-state index in [9.17, 15) is 0 Å². The van der Waals surface area contributed by atoms with Crippen LogP contribution < -0.4 is 10.5 Å². The van der Waals surface area contributed by atoms with Crippen molar-refractivity contribution < 1.29 is 4.74 Å². The van der Waals surface area contributed by atoms with Gasteiger partial charge in [0.25, 0.3) is 0 Å². The highest BCUT2D eigenvalue weighted by molar-refractivity contribution is 5.78. The van der Waals surface area contributed by atoms with E-state index in [1.54, 1.807) is 7.11 Å². The van der Waals surface area contributed by atoms with Gasteiger partial charge in [0.2, 0.25) is 0 Å². The van der Waals surface area contributed by atoms with Crippen molar-refractivity contribution in [2.75, 3.05) is 13.7 Å². The van der Waals surface area contributed by atoms with E-state index in [4.69, 9.17) is 15.5 Å². The van der Waals surface area contributed by atoms with Crippen LogP contribution in [0.3, 0.4) is 0 Å². The molecule has 0 amide bonds. The lowest BCUT2D eigenvalue weighted by Gasteiger charge is -2.13. The van der Waals surface area contributed by atoms with Gasteiger partial charge in [-0.05, 0) is 37.4 Å². The molecule has 4 nitrogen and oxygen atoms in total. The van der Waals surface area contributed by atoms with Gasteiger partial charge in [-0.15, -0.1) is 0 Å². The summed E-state index contributed by atoms with van der Waals surface area (Å²) in [6.45, 7) is 2.93. The minimum absolute atomic E-state index is 0.520. The fourth-order valence-corrected chi connectivity index (χ4v) is 2.79. The van der Waals surface area contributed by atoms with Gasteiger partial charge in [-0.1, -0.05) is 13.3 Å². The van der Waals surface area contributed by atoms with Gasteiger partial charge in [0, 0.05) is 18.5 Å². The van der Waals surface area contributed by atoms with Gasteiger partial charge in [0.15, 0.2) is 0 Å². The van der Waals surface area contributed by atoms with Gasteiger partial charge >= 0.3 is 0 Å². The van der Waals surface area contributed by atoms with E-state index in [0.717, 1.165) is 30.7 Å². The van der Waals surface area contributed by atoms with Crippen molar-refractivity contribution in [1.29, 1.82) is 0 Å². The first-order valence-corrected chi connectivity index (χ1v) is 7.51. The van der Waals surface area contributed by atoms with Crippen molar-refractivity contribution in [3.8, 4) is 5.75 Å². The molecule has 108 valence electrons. The van der Waals surface area contributed by atoms with Crippen LogP contribution in [-0.2, 0) is 6.42 Å². The third kappa shape index (κ3) is 2.40. The number of rotatable bonds is 6. The molecule has 3 rings (SSSR count). The van der Waals surface area contributed by atoms with Crippen LogP contribution in [0.1, 0.15) is 38.1 Å². The predicted molar refractivity (Wildman–Crippen MR) is 81.1 cm³/mol. The number of fused-ring (bicyclic) bond motifs is 1. The molecule has 1 aromatic carbocycles. The van der Waals surface area contributed by atoms with Crippen LogP contribution in [0.2, 0.25) is 0 Å². The molecular weight excluding hydrogens is 250 g/mol. The lowest BCUT2D eigenvalue weighted by Crippen LogP contribution is -2.18. The molecule has 0 bridgehead atoms. The van der Waals surface area contributed by atoms with Crippen molar-refractivity contribution in [3.05, 3.63) is 24.0 Å². The lowest BCUT2D eigenvalue weighted by molar-refractivity contribution is 0.415. The van der Waals surface area contributed by atoms with Crippen LogP contribution in [0.25, 0.3) is 11.0 Å². The van der Waals surface area contributed by atoms with E-state index in [-0.39, 0.29) is 0 Å². The summed E-state index contributed by atoms with van der Waals surface area (Å²) in [5, 5.41) is 0. The number of methoxy groups -OCH3 is 1. The number of aromatic nitrogens is 2. The Balaban J connectivity index is 2.03. The molecule has 2 aromatic rings. The third-order valence-corrected chi connectivity index (χ3v) is 4.26. The van der Waals surface area contributed by atoms with Crippen molar-refractivity contribution in [1.82, 2.24) is 9.55 Å². The van der Waals surface area contributed by atoms with E-state index >= 15 is 0 Å². The molecule has 0 spiro atoms. The maximum absolute atomic E-state index is 5.86. The zero-order chi connectivity index (χ0) is 14.1. The van der Waals surface area contributed by atoms with Crippen molar-refractivity contribution in [3.63, 3.8) is 0 Å². The van der Waals surface area contributed by atoms with E-state index in [2.05, 4.69) is 17.6 Å². The van der Waals surface area contributed by atoms with E-state index in [1.807, 2.05) is 12.1 Å². The monoisotopic (exact) mass is 273 g/mol. The van der Waals surface area contributed by atoms with Crippen LogP contribution in [0.4, 0.5) is 0 Å². The zero-order valence-corrected chi connectivity index (χ0v) is 12.3. The number of hydrogen-bond acceptors (Lipinski definition) is 3. The smallest absolute Gasteiger partial charge is 0.121 e. The molecule has 1 heterocycles. The molecule has 1 aliphatic rings. The third-order valence-electron chi connectivity index (χ3n) is 4.26. The van der Waals surface area contributed by atoms with Crippen LogP contribution in [0.15, 0.2) is 18.2 Å². The molecule has 1 unspecified atom stereocenters. The first-order chi connectivity index (χ1) is 9.76. The molecule has 4 heteroatoms. The van der Waals surface area contributed by atoms with Crippen LogP contribution in [0.5, 0.6) is 5.75 Å². The summed E-state index contributed by atoms with van der Waals surface area (Å²) in [5.74, 6) is 2.58. The molecule has 0 aliphatic heterocycles. The summed E-state index contributed by atoms with van der Waals surface area (Å²) < 4.78 is 7.73. The summed E-state index contributed by atoms with van der Waals surface area (Å²) in [6, 6.07) is 6.82. The van der Waals surface area contributed by atoms with Gasteiger partial charge in [-0.2, -0.15) is 0 Å². The van der Waals surface area contributed by atoms with Crippen LogP contribution >= 0.6 is 0 Å². The summed E-state index contributed by atoms with van der Waals surface area (Å²) in [7, 11) is 1.70. The summed E-state index contributed by atoms with van der Waals surface area (Å²) in [6.07, 6.45) is 4.61. The van der Waals surface area contributed by atoms with Crippen LogP contribution in [-0.4, -0.2) is 23.2 Å². The second kappa shape index (κ2) is 5.44. The molecule has 2 N–H and O–H groups in total. The molecule has 1 aliphatic carbocycles. The first kappa shape index (κ1) is 13.4. The molecule has 1 saturated carbocycles. The van der Waals surface area contributed by atoms with Crippen molar-refractivity contribution >= 4 is 11.0 Å². The molecule has 1 fully saturated rings. The number of hydrogen-bond donors (Lipinski definition) is 1. The Kier molecular flexibility index (Phi) is 3.66. The second-order valence-electron chi connectivity index (χ2n) is 5.70. The van der Waals surface area contributed by atoms with E-state index < -0.39 is 0 Å². The number of ether oxygens (including phenoxy) is 1.